The molecule has 0 saturated carbocycles. The van der Waals surface area contributed by atoms with Gasteiger partial charge < -0.3 is 14.9 Å². The molecular formula is C26H23N9O. The zero-order valence-electron chi connectivity index (χ0n) is 19.8. The summed E-state index contributed by atoms with van der Waals surface area (Å²) in [7, 11) is 0. The normalized spacial score (nSPS) is 11.4. The van der Waals surface area contributed by atoms with E-state index >= 15 is 0 Å². The number of nitrogens with zero attached hydrogens (tertiary/aromatic N) is 6. The second kappa shape index (κ2) is 8.73. The van der Waals surface area contributed by atoms with Gasteiger partial charge in [-0.2, -0.15) is 5.10 Å². The number of hydrogen-bond donors (Lipinski definition) is 3. The molecule has 0 saturated heterocycles. The highest BCUT2D eigenvalue weighted by atomic mass is 16.1. The quantitative estimate of drug-likeness (QED) is 0.316. The number of aryl methyl sites for hydroxylation is 1. The summed E-state index contributed by atoms with van der Waals surface area (Å²) in [6, 6.07) is 9.88. The summed E-state index contributed by atoms with van der Waals surface area (Å²) in [5, 5.41) is 11.2. The van der Waals surface area contributed by atoms with E-state index in [-0.39, 0.29) is 5.91 Å². The van der Waals surface area contributed by atoms with E-state index < -0.39 is 0 Å². The lowest BCUT2D eigenvalue weighted by molar-refractivity contribution is -0.116. The second-order valence-electron chi connectivity index (χ2n) is 8.64. The standard InChI is InChI=1S/C26H23N9O/c1-3-5-22(36)30-18-8-16(10-27-12-18)17-9-19-23(33-34-25(19)28-11-17)26-31-20-6-4-7-21(24(20)32-26)35-13-15(2)29-14-35/h4,6-14H,3,5H2,1-2H3,(H,30,36)(H,31,32)(H,28,33,34). The molecule has 0 fully saturated rings. The number of anilines is 1. The van der Waals surface area contributed by atoms with Gasteiger partial charge in [0.1, 0.15) is 11.2 Å². The third-order valence-electron chi connectivity index (χ3n) is 5.96. The lowest BCUT2D eigenvalue weighted by atomic mass is 10.1. The highest BCUT2D eigenvalue weighted by Gasteiger charge is 2.16. The maximum Gasteiger partial charge on any atom is 0.224 e. The van der Waals surface area contributed by atoms with Gasteiger partial charge in [0.2, 0.25) is 5.91 Å². The van der Waals surface area contributed by atoms with Gasteiger partial charge in [-0.25, -0.2) is 15.0 Å². The first kappa shape index (κ1) is 21.7. The number of nitrogens with one attached hydrogen (secondary N) is 3. The van der Waals surface area contributed by atoms with E-state index in [1.54, 1.807) is 24.9 Å². The Bertz CT molecular complexity index is 1730. The number of rotatable bonds is 6. The summed E-state index contributed by atoms with van der Waals surface area (Å²) in [6.45, 7) is 3.93. The van der Waals surface area contributed by atoms with Gasteiger partial charge in [0.05, 0.1) is 40.5 Å². The van der Waals surface area contributed by atoms with Gasteiger partial charge in [-0.3, -0.25) is 14.9 Å². The number of pyridine rings is 2. The van der Waals surface area contributed by atoms with Gasteiger partial charge in [-0.05, 0) is 37.6 Å². The van der Waals surface area contributed by atoms with Crippen LogP contribution < -0.4 is 5.32 Å². The van der Waals surface area contributed by atoms with Crippen LogP contribution in [0.4, 0.5) is 5.69 Å². The van der Waals surface area contributed by atoms with Crippen molar-refractivity contribution in [2.24, 2.45) is 0 Å². The molecule has 0 bridgehead atoms. The average molecular weight is 478 g/mol. The molecule has 1 amide bonds. The van der Waals surface area contributed by atoms with Crippen LogP contribution >= 0.6 is 0 Å². The summed E-state index contributed by atoms with van der Waals surface area (Å²) in [5.41, 5.74) is 7.28. The van der Waals surface area contributed by atoms with Crippen molar-refractivity contribution < 1.29 is 4.79 Å². The molecule has 0 radical (unpaired) electrons. The molecule has 0 atom stereocenters. The van der Waals surface area contributed by atoms with Crippen molar-refractivity contribution in [3.8, 4) is 28.3 Å². The van der Waals surface area contributed by atoms with Crippen LogP contribution in [0, 0.1) is 6.92 Å². The number of H-pyrrole nitrogens is 2. The second-order valence-corrected chi connectivity index (χ2v) is 8.64. The zero-order chi connectivity index (χ0) is 24.6. The third kappa shape index (κ3) is 3.88. The van der Waals surface area contributed by atoms with E-state index in [0.717, 1.165) is 51.0 Å². The van der Waals surface area contributed by atoms with Gasteiger partial charge in [0, 0.05) is 36.1 Å². The Kier molecular flexibility index (Phi) is 5.25. The van der Waals surface area contributed by atoms with Crippen LogP contribution in [0.1, 0.15) is 25.5 Å². The Hall–Kier alpha value is -4.86. The number of fused-ring (bicyclic) bond motifs is 2. The summed E-state index contributed by atoms with van der Waals surface area (Å²) in [5.74, 6) is 0.631. The lowest BCUT2D eigenvalue weighted by Crippen LogP contribution is -2.10. The van der Waals surface area contributed by atoms with Gasteiger partial charge in [-0.15, -0.1) is 0 Å². The van der Waals surface area contributed by atoms with Crippen LogP contribution in [-0.4, -0.2) is 45.6 Å². The first-order valence-corrected chi connectivity index (χ1v) is 11.7. The van der Waals surface area contributed by atoms with Crippen LogP contribution in [0.25, 0.3) is 50.4 Å². The fourth-order valence-electron chi connectivity index (χ4n) is 4.25. The molecule has 0 aliphatic rings. The smallest absolute Gasteiger partial charge is 0.224 e. The van der Waals surface area contributed by atoms with Crippen molar-refractivity contribution in [2.75, 3.05) is 5.32 Å². The fourth-order valence-corrected chi connectivity index (χ4v) is 4.25. The maximum absolute atomic E-state index is 12.0. The number of aromatic amines is 2. The molecule has 0 aliphatic heterocycles. The predicted octanol–water partition coefficient (Wildman–Crippen LogP) is 4.80. The molecule has 5 heterocycles. The summed E-state index contributed by atoms with van der Waals surface area (Å²) in [4.78, 5) is 33.5. The fraction of sp³-hybridized carbons (Fsp3) is 0.154. The molecule has 0 spiro atoms. The number of amides is 1. The van der Waals surface area contributed by atoms with E-state index in [0.29, 0.717) is 23.6 Å². The molecular weight excluding hydrogens is 454 g/mol. The first-order chi connectivity index (χ1) is 17.6. The number of carbonyl (C=O) groups excluding carboxylic acids is 1. The van der Waals surface area contributed by atoms with Gasteiger partial charge >= 0.3 is 0 Å². The minimum absolute atomic E-state index is 0.0303. The Labute approximate surface area is 205 Å². The Balaban J connectivity index is 1.40. The zero-order valence-corrected chi connectivity index (χ0v) is 19.8. The predicted molar refractivity (Wildman–Crippen MR) is 138 cm³/mol. The van der Waals surface area contributed by atoms with Crippen molar-refractivity contribution in [1.29, 1.82) is 0 Å². The summed E-state index contributed by atoms with van der Waals surface area (Å²) < 4.78 is 1.96. The summed E-state index contributed by atoms with van der Waals surface area (Å²) >= 11 is 0. The number of aromatic nitrogens is 8. The molecule has 178 valence electrons. The van der Waals surface area contributed by atoms with E-state index in [2.05, 4.69) is 35.5 Å². The molecule has 10 nitrogen and oxygen atoms in total. The number of para-hydroxylation sites is 1. The Morgan fingerprint density at radius 1 is 1.11 bits per heavy atom. The molecule has 0 unspecified atom stereocenters. The molecule has 3 N–H and O–H groups in total. The number of imidazole rings is 2. The molecule has 6 aromatic rings. The van der Waals surface area contributed by atoms with E-state index in [4.69, 9.17) is 4.98 Å². The molecule has 10 heteroatoms. The molecule has 36 heavy (non-hydrogen) atoms. The molecule has 5 aromatic heterocycles. The van der Waals surface area contributed by atoms with Crippen LogP contribution in [0.3, 0.4) is 0 Å². The number of hydrogen-bond acceptors (Lipinski definition) is 6. The monoisotopic (exact) mass is 477 g/mol. The average Bonchev–Trinajstić information content (AvgIpc) is 3.61. The Morgan fingerprint density at radius 2 is 2.00 bits per heavy atom. The van der Waals surface area contributed by atoms with Crippen LogP contribution in [0.2, 0.25) is 0 Å². The topological polar surface area (TPSA) is 130 Å². The van der Waals surface area contributed by atoms with Gasteiger partial charge in [0.15, 0.2) is 11.5 Å². The Morgan fingerprint density at radius 3 is 2.83 bits per heavy atom. The van der Waals surface area contributed by atoms with E-state index in [1.807, 2.05) is 54.9 Å². The van der Waals surface area contributed by atoms with Crippen molar-refractivity contribution in [3.05, 3.63) is 67.1 Å². The minimum Gasteiger partial charge on any atom is -0.337 e. The number of benzene rings is 1. The third-order valence-corrected chi connectivity index (χ3v) is 5.96. The number of carbonyl (C=O) groups is 1. The van der Waals surface area contributed by atoms with Gasteiger partial charge in [0.25, 0.3) is 0 Å². The van der Waals surface area contributed by atoms with Crippen molar-refractivity contribution in [2.45, 2.75) is 26.7 Å². The van der Waals surface area contributed by atoms with E-state index in [9.17, 15) is 4.79 Å². The summed E-state index contributed by atoms with van der Waals surface area (Å²) in [6.07, 6.45) is 10.1. The van der Waals surface area contributed by atoms with Crippen LogP contribution in [0.15, 0.2) is 61.4 Å². The molecule has 1 aromatic carbocycles. The highest BCUT2D eigenvalue weighted by Crippen LogP contribution is 2.31. The SMILES string of the molecule is CCCC(=O)Nc1cncc(-c2cnc3n[nH]c(-c4nc5c(-n6cnc(C)c6)cccc5[nH]4)c3c2)c1. The van der Waals surface area contributed by atoms with Gasteiger partial charge in [-0.1, -0.05) is 13.0 Å². The molecule has 6 rings (SSSR count). The molecule has 0 aliphatic carbocycles. The van der Waals surface area contributed by atoms with Crippen LogP contribution in [0.5, 0.6) is 0 Å². The van der Waals surface area contributed by atoms with E-state index in [1.165, 1.54) is 0 Å². The minimum atomic E-state index is -0.0303. The van der Waals surface area contributed by atoms with Crippen molar-refractivity contribution in [3.63, 3.8) is 0 Å². The lowest BCUT2D eigenvalue weighted by Gasteiger charge is -2.07. The largest absolute Gasteiger partial charge is 0.337 e. The van der Waals surface area contributed by atoms with Crippen molar-refractivity contribution in [1.82, 2.24) is 39.7 Å². The van der Waals surface area contributed by atoms with Crippen LogP contribution in [-0.2, 0) is 4.79 Å². The maximum atomic E-state index is 12.0. The first-order valence-electron chi connectivity index (χ1n) is 11.7. The van der Waals surface area contributed by atoms with Crippen molar-refractivity contribution >= 4 is 33.7 Å². The highest BCUT2D eigenvalue weighted by molar-refractivity contribution is 5.95.